The first-order valence-electron chi connectivity index (χ1n) is 5.13. The zero-order valence-electron chi connectivity index (χ0n) is 9.78. The molecule has 0 amide bonds. The Labute approximate surface area is 108 Å². The predicted molar refractivity (Wildman–Crippen MR) is 65.3 cm³/mol. The Morgan fingerprint density at radius 2 is 2.21 bits per heavy atom. The van der Waals surface area contributed by atoms with E-state index in [-0.39, 0.29) is 5.69 Å². The van der Waals surface area contributed by atoms with E-state index in [1.807, 2.05) is 0 Å². The molecular weight excluding hydrogens is 272 g/mol. The van der Waals surface area contributed by atoms with E-state index in [1.54, 1.807) is 13.0 Å². The molecule has 0 saturated carbocycles. The van der Waals surface area contributed by atoms with Crippen LogP contribution in [0.2, 0.25) is 0 Å². The van der Waals surface area contributed by atoms with Crippen LogP contribution in [0, 0.1) is 6.92 Å². The van der Waals surface area contributed by atoms with E-state index in [1.165, 1.54) is 12.3 Å². The Balaban J connectivity index is 2.41. The third-order valence-electron chi connectivity index (χ3n) is 2.35. The third-order valence-corrected chi connectivity index (χ3v) is 3.69. The van der Waals surface area contributed by atoms with Gasteiger partial charge >= 0.3 is 5.97 Å². The van der Waals surface area contributed by atoms with Crippen LogP contribution in [0.3, 0.4) is 0 Å². The van der Waals surface area contributed by atoms with Crippen LogP contribution >= 0.6 is 0 Å². The fourth-order valence-corrected chi connectivity index (χ4v) is 2.63. The maximum absolute atomic E-state index is 12.1. The lowest BCUT2D eigenvalue weighted by atomic mass is 10.3. The lowest BCUT2D eigenvalue weighted by Gasteiger charge is -2.08. The summed E-state index contributed by atoms with van der Waals surface area (Å²) in [5, 5.41) is 14.0. The minimum absolute atomic E-state index is 0.272. The Hall–Kier alpha value is -2.42. The molecule has 0 aliphatic rings. The fraction of sp³-hybridized carbons (Fsp3) is 0.100. The van der Waals surface area contributed by atoms with Crippen molar-refractivity contribution in [1.82, 2.24) is 15.2 Å². The highest BCUT2D eigenvalue weighted by atomic mass is 32.2. The number of anilines is 1. The van der Waals surface area contributed by atoms with Crippen molar-refractivity contribution >= 4 is 21.7 Å². The highest BCUT2D eigenvalue weighted by molar-refractivity contribution is 7.92. The van der Waals surface area contributed by atoms with Gasteiger partial charge in [-0.05, 0) is 19.1 Å². The second-order valence-electron chi connectivity index (χ2n) is 3.66. The number of H-pyrrole nitrogens is 1. The molecule has 19 heavy (non-hydrogen) atoms. The molecule has 2 heterocycles. The molecule has 9 heteroatoms. The SMILES string of the molecule is Cc1ncccc1NS(=O)(=O)c1[nH]ncc1C(=O)O. The fourth-order valence-electron chi connectivity index (χ4n) is 1.42. The first-order chi connectivity index (χ1) is 8.92. The minimum Gasteiger partial charge on any atom is -0.478 e. The molecule has 0 bridgehead atoms. The molecule has 0 atom stereocenters. The molecule has 0 fully saturated rings. The average Bonchev–Trinajstić information content (AvgIpc) is 2.82. The van der Waals surface area contributed by atoms with Gasteiger partial charge in [0.15, 0.2) is 5.03 Å². The zero-order valence-corrected chi connectivity index (χ0v) is 10.6. The smallest absolute Gasteiger partial charge is 0.340 e. The molecule has 8 nitrogen and oxygen atoms in total. The molecule has 3 N–H and O–H groups in total. The lowest BCUT2D eigenvalue weighted by molar-refractivity contribution is 0.0692. The number of nitrogens with zero attached hydrogens (tertiary/aromatic N) is 2. The second kappa shape index (κ2) is 4.69. The standard InChI is InChI=1S/C10H10N4O4S/c1-6-8(3-2-4-11-6)14-19(17,18)9-7(10(15)16)5-12-13-9/h2-5,14H,1H3,(H,12,13)(H,15,16). The Morgan fingerprint density at radius 1 is 1.47 bits per heavy atom. The molecule has 2 aromatic rings. The molecule has 0 saturated heterocycles. The molecule has 100 valence electrons. The first kappa shape index (κ1) is 13.0. The van der Waals surface area contributed by atoms with Crippen LogP contribution in [0.5, 0.6) is 0 Å². The number of carboxylic acids is 1. The molecule has 0 unspecified atom stereocenters. The van der Waals surface area contributed by atoms with Crippen LogP contribution in [-0.4, -0.2) is 34.7 Å². The lowest BCUT2D eigenvalue weighted by Crippen LogP contribution is -2.17. The van der Waals surface area contributed by atoms with Crippen LogP contribution < -0.4 is 4.72 Å². The van der Waals surface area contributed by atoms with Gasteiger partial charge in [0, 0.05) is 6.20 Å². The van der Waals surface area contributed by atoms with E-state index in [0.717, 1.165) is 6.20 Å². The summed E-state index contributed by atoms with van der Waals surface area (Å²) in [5.74, 6) is -1.38. The van der Waals surface area contributed by atoms with Gasteiger partial charge in [0.25, 0.3) is 10.0 Å². The van der Waals surface area contributed by atoms with Crippen molar-refractivity contribution in [3.05, 3.63) is 35.8 Å². The summed E-state index contributed by atoms with van der Waals surface area (Å²) in [4.78, 5) is 14.8. The number of nitrogens with one attached hydrogen (secondary N) is 2. The van der Waals surface area contributed by atoms with E-state index in [2.05, 4.69) is 19.9 Å². The molecule has 0 aliphatic heterocycles. The van der Waals surface area contributed by atoms with Crippen LogP contribution in [0.1, 0.15) is 16.1 Å². The molecule has 0 aliphatic carbocycles. The number of hydrogen-bond acceptors (Lipinski definition) is 5. The quantitative estimate of drug-likeness (QED) is 0.754. The van der Waals surface area contributed by atoms with Gasteiger partial charge in [0.2, 0.25) is 0 Å². The maximum atomic E-state index is 12.1. The van der Waals surface area contributed by atoms with Crippen molar-refractivity contribution in [2.24, 2.45) is 0 Å². The van der Waals surface area contributed by atoms with Gasteiger partial charge in [-0.2, -0.15) is 13.5 Å². The predicted octanol–water partition coefficient (Wildman–Crippen LogP) is 0.612. The maximum Gasteiger partial charge on any atom is 0.340 e. The number of aromatic amines is 1. The number of hydrogen-bond donors (Lipinski definition) is 3. The van der Waals surface area contributed by atoms with E-state index in [4.69, 9.17) is 5.11 Å². The Morgan fingerprint density at radius 3 is 2.84 bits per heavy atom. The van der Waals surface area contributed by atoms with Crippen molar-refractivity contribution in [3.63, 3.8) is 0 Å². The first-order valence-corrected chi connectivity index (χ1v) is 6.61. The number of carbonyl (C=O) groups is 1. The van der Waals surface area contributed by atoms with Crippen LogP contribution in [-0.2, 0) is 10.0 Å². The molecule has 0 spiro atoms. The van der Waals surface area contributed by atoms with Gasteiger partial charge in [-0.1, -0.05) is 0 Å². The minimum atomic E-state index is -4.06. The van der Waals surface area contributed by atoms with E-state index in [0.29, 0.717) is 5.69 Å². The van der Waals surface area contributed by atoms with E-state index in [9.17, 15) is 13.2 Å². The molecule has 2 rings (SSSR count). The summed E-state index contributed by atoms with van der Waals surface area (Å²) in [6, 6.07) is 3.09. The monoisotopic (exact) mass is 282 g/mol. The summed E-state index contributed by atoms with van der Waals surface area (Å²) in [7, 11) is -4.06. The molecule has 0 radical (unpaired) electrons. The van der Waals surface area contributed by atoms with Gasteiger partial charge in [0.1, 0.15) is 5.56 Å². The van der Waals surface area contributed by atoms with Gasteiger partial charge in [-0.3, -0.25) is 14.8 Å². The molecule has 2 aromatic heterocycles. The van der Waals surface area contributed by atoms with Crippen LogP contribution in [0.4, 0.5) is 5.69 Å². The highest BCUT2D eigenvalue weighted by Crippen LogP contribution is 2.18. The van der Waals surface area contributed by atoms with Crippen LogP contribution in [0.25, 0.3) is 0 Å². The third kappa shape index (κ3) is 2.55. The zero-order chi connectivity index (χ0) is 14.0. The van der Waals surface area contributed by atoms with Crippen molar-refractivity contribution in [2.75, 3.05) is 4.72 Å². The summed E-state index contributed by atoms with van der Waals surface area (Å²) in [6.45, 7) is 1.63. The van der Waals surface area contributed by atoms with Crippen molar-refractivity contribution in [1.29, 1.82) is 0 Å². The van der Waals surface area contributed by atoms with Crippen molar-refractivity contribution in [3.8, 4) is 0 Å². The van der Waals surface area contributed by atoms with Crippen molar-refractivity contribution < 1.29 is 18.3 Å². The van der Waals surface area contributed by atoms with Crippen molar-refractivity contribution in [2.45, 2.75) is 11.9 Å². The summed E-state index contributed by atoms with van der Waals surface area (Å²) < 4.78 is 26.4. The topological polar surface area (TPSA) is 125 Å². The van der Waals surface area contributed by atoms with Gasteiger partial charge in [-0.15, -0.1) is 0 Å². The number of pyridine rings is 1. The molecular formula is C10H10N4O4S. The number of rotatable bonds is 4. The van der Waals surface area contributed by atoms with E-state index < -0.39 is 26.6 Å². The summed E-state index contributed by atoms with van der Waals surface area (Å²) >= 11 is 0. The number of sulfonamides is 1. The normalized spacial score (nSPS) is 11.2. The average molecular weight is 282 g/mol. The number of carboxylic acid groups (broad SMARTS) is 1. The number of aryl methyl sites for hydroxylation is 1. The van der Waals surface area contributed by atoms with Gasteiger partial charge < -0.3 is 5.11 Å². The Bertz CT molecular complexity index is 723. The molecule has 0 aromatic carbocycles. The van der Waals surface area contributed by atoms with Gasteiger partial charge in [0.05, 0.1) is 17.6 Å². The van der Waals surface area contributed by atoms with Crippen LogP contribution in [0.15, 0.2) is 29.6 Å². The van der Waals surface area contributed by atoms with E-state index >= 15 is 0 Å². The number of aromatic nitrogens is 3. The highest BCUT2D eigenvalue weighted by Gasteiger charge is 2.25. The number of aromatic carboxylic acids is 1. The second-order valence-corrected chi connectivity index (χ2v) is 5.28. The Kier molecular flexibility index (Phi) is 3.21. The summed E-state index contributed by atoms with van der Waals surface area (Å²) in [6.07, 6.45) is 2.46. The van der Waals surface area contributed by atoms with Gasteiger partial charge in [-0.25, -0.2) is 4.79 Å². The summed E-state index contributed by atoms with van der Waals surface area (Å²) in [5.41, 5.74) is 0.324. The largest absolute Gasteiger partial charge is 0.478 e.